The zero-order valence-corrected chi connectivity index (χ0v) is 10.1. The maximum absolute atomic E-state index is 11.2. The van der Waals surface area contributed by atoms with Gasteiger partial charge in [0, 0.05) is 24.4 Å². The molecule has 0 aliphatic carbocycles. The number of benzene rings is 1. The number of ether oxygens (including phenoxy) is 1. The third-order valence-corrected chi connectivity index (χ3v) is 2.36. The number of rotatable bonds is 3. The molecular formula is C14H14N2O2. The van der Waals surface area contributed by atoms with Crippen LogP contribution in [0.2, 0.25) is 0 Å². The number of carbonyl (C=O) groups excluding carboxylic acids is 1. The molecule has 0 aliphatic rings. The number of nitrogens with one attached hydrogen (secondary N) is 1. The van der Waals surface area contributed by atoms with Gasteiger partial charge in [-0.15, -0.1) is 0 Å². The maximum atomic E-state index is 11.2. The minimum absolute atomic E-state index is 0.292. The highest BCUT2D eigenvalue weighted by Gasteiger charge is 2.04. The highest BCUT2D eigenvalue weighted by molar-refractivity contribution is 5.70. The number of pyridine rings is 1. The number of hydrogen-bond donors (Lipinski definition) is 1. The number of amides is 1. The van der Waals surface area contributed by atoms with Gasteiger partial charge >= 0.3 is 6.09 Å². The van der Waals surface area contributed by atoms with Crippen LogP contribution < -0.4 is 10.1 Å². The van der Waals surface area contributed by atoms with Crippen LogP contribution in [-0.4, -0.2) is 17.6 Å². The summed E-state index contributed by atoms with van der Waals surface area (Å²) in [5.41, 5.74) is 2.06. The van der Waals surface area contributed by atoms with Gasteiger partial charge in [-0.25, -0.2) is 9.78 Å². The van der Waals surface area contributed by atoms with Crippen molar-refractivity contribution in [3.05, 3.63) is 48.7 Å². The lowest BCUT2D eigenvalue weighted by Crippen LogP contribution is -2.26. The summed E-state index contributed by atoms with van der Waals surface area (Å²) >= 11 is 0. The minimum Gasteiger partial charge on any atom is -0.391 e. The molecule has 0 saturated carbocycles. The van der Waals surface area contributed by atoms with Crippen molar-refractivity contribution in [2.75, 3.05) is 6.54 Å². The number of carbonyl (C=O) groups is 1. The molecule has 0 bridgehead atoms. The Morgan fingerprint density at radius 3 is 2.56 bits per heavy atom. The Morgan fingerprint density at radius 1 is 1.17 bits per heavy atom. The van der Waals surface area contributed by atoms with E-state index in [1.54, 1.807) is 12.3 Å². The fourth-order valence-electron chi connectivity index (χ4n) is 1.52. The smallest absolute Gasteiger partial charge is 0.391 e. The van der Waals surface area contributed by atoms with Gasteiger partial charge in [0.1, 0.15) is 0 Å². The first-order chi connectivity index (χ1) is 8.79. The van der Waals surface area contributed by atoms with Crippen LogP contribution in [0.15, 0.2) is 48.7 Å². The van der Waals surface area contributed by atoms with Gasteiger partial charge in [0.25, 0.3) is 0 Å². The second kappa shape index (κ2) is 5.82. The Morgan fingerprint density at radius 2 is 1.94 bits per heavy atom. The van der Waals surface area contributed by atoms with Crippen molar-refractivity contribution in [1.29, 1.82) is 0 Å². The van der Waals surface area contributed by atoms with Crippen LogP contribution in [0.1, 0.15) is 6.92 Å². The molecule has 18 heavy (non-hydrogen) atoms. The van der Waals surface area contributed by atoms with Gasteiger partial charge in [-0.3, -0.25) is 0 Å². The first kappa shape index (κ1) is 12.1. The van der Waals surface area contributed by atoms with Crippen LogP contribution in [-0.2, 0) is 0 Å². The van der Waals surface area contributed by atoms with Gasteiger partial charge in [-0.05, 0) is 18.6 Å². The van der Waals surface area contributed by atoms with Gasteiger partial charge in [-0.1, -0.05) is 30.3 Å². The summed E-state index contributed by atoms with van der Waals surface area (Å²) < 4.78 is 4.98. The van der Waals surface area contributed by atoms with E-state index in [1.807, 2.05) is 43.3 Å². The van der Waals surface area contributed by atoms with Gasteiger partial charge in [-0.2, -0.15) is 0 Å². The second-order valence-electron chi connectivity index (χ2n) is 3.67. The van der Waals surface area contributed by atoms with E-state index in [-0.39, 0.29) is 0 Å². The van der Waals surface area contributed by atoms with Crippen LogP contribution in [0, 0.1) is 0 Å². The maximum Gasteiger partial charge on any atom is 0.413 e. The van der Waals surface area contributed by atoms with E-state index in [0.29, 0.717) is 12.4 Å². The number of aromatic nitrogens is 1. The van der Waals surface area contributed by atoms with Crippen molar-refractivity contribution in [1.82, 2.24) is 10.3 Å². The predicted octanol–water partition coefficient (Wildman–Crippen LogP) is 2.86. The molecule has 0 aliphatic heterocycles. The second-order valence-corrected chi connectivity index (χ2v) is 3.67. The topological polar surface area (TPSA) is 51.2 Å². The van der Waals surface area contributed by atoms with Crippen LogP contribution in [0.4, 0.5) is 4.79 Å². The molecule has 1 aromatic carbocycles. The van der Waals surface area contributed by atoms with Gasteiger partial charge < -0.3 is 10.1 Å². The van der Waals surface area contributed by atoms with Crippen LogP contribution in [0.3, 0.4) is 0 Å². The third kappa shape index (κ3) is 3.07. The Bertz CT molecular complexity index is 509. The lowest BCUT2D eigenvalue weighted by Gasteiger charge is -2.05. The van der Waals surface area contributed by atoms with Gasteiger partial charge in [0.05, 0.1) is 0 Å². The third-order valence-electron chi connectivity index (χ3n) is 2.36. The molecule has 4 nitrogen and oxygen atoms in total. The van der Waals surface area contributed by atoms with E-state index in [2.05, 4.69) is 10.3 Å². The van der Waals surface area contributed by atoms with Crippen molar-refractivity contribution >= 4 is 6.09 Å². The van der Waals surface area contributed by atoms with E-state index in [0.717, 1.165) is 11.1 Å². The van der Waals surface area contributed by atoms with E-state index in [1.165, 1.54) is 0 Å². The Balaban J connectivity index is 2.09. The quantitative estimate of drug-likeness (QED) is 0.900. The molecular weight excluding hydrogens is 228 g/mol. The largest absolute Gasteiger partial charge is 0.413 e. The molecule has 0 spiro atoms. The highest BCUT2D eigenvalue weighted by atomic mass is 16.6. The number of nitrogens with zero attached hydrogens (tertiary/aromatic N) is 1. The summed E-state index contributed by atoms with van der Waals surface area (Å²) in [5.74, 6) is 0.292. The molecule has 1 N–H and O–H groups in total. The summed E-state index contributed by atoms with van der Waals surface area (Å²) in [6.07, 6.45) is 1.20. The average molecular weight is 242 g/mol. The molecule has 4 heteroatoms. The molecule has 0 atom stereocenters. The first-order valence-electron chi connectivity index (χ1n) is 5.76. The zero-order valence-electron chi connectivity index (χ0n) is 10.1. The lowest BCUT2D eigenvalue weighted by molar-refractivity contribution is 0.199. The molecule has 1 heterocycles. The summed E-state index contributed by atoms with van der Waals surface area (Å²) in [7, 11) is 0. The zero-order chi connectivity index (χ0) is 12.8. The standard InChI is InChI=1S/C14H14N2O2/c1-2-15-14(17)18-13-9-8-12(10-16-13)11-6-4-3-5-7-11/h3-10H,2H2,1H3,(H,15,17). The molecule has 2 rings (SSSR count). The van der Waals surface area contributed by atoms with Crippen molar-refractivity contribution in [2.24, 2.45) is 0 Å². The van der Waals surface area contributed by atoms with E-state index in [9.17, 15) is 4.79 Å². The SMILES string of the molecule is CCNC(=O)Oc1ccc(-c2ccccc2)cn1. The van der Waals surface area contributed by atoms with Crippen molar-refractivity contribution in [3.63, 3.8) is 0 Å². The lowest BCUT2D eigenvalue weighted by atomic mass is 10.1. The van der Waals surface area contributed by atoms with E-state index < -0.39 is 6.09 Å². The molecule has 1 amide bonds. The van der Waals surface area contributed by atoms with Gasteiger partial charge in [0.2, 0.25) is 5.88 Å². The van der Waals surface area contributed by atoms with Crippen molar-refractivity contribution in [3.8, 4) is 17.0 Å². The summed E-state index contributed by atoms with van der Waals surface area (Å²) in [6.45, 7) is 2.36. The van der Waals surface area contributed by atoms with Crippen LogP contribution >= 0.6 is 0 Å². The summed E-state index contributed by atoms with van der Waals surface area (Å²) in [4.78, 5) is 15.3. The minimum atomic E-state index is -0.488. The van der Waals surface area contributed by atoms with E-state index in [4.69, 9.17) is 4.74 Å². The molecule has 0 radical (unpaired) electrons. The predicted molar refractivity (Wildman–Crippen MR) is 69.4 cm³/mol. The van der Waals surface area contributed by atoms with E-state index >= 15 is 0 Å². The Hall–Kier alpha value is -2.36. The molecule has 2 aromatic rings. The molecule has 92 valence electrons. The van der Waals surface area contributed by atoms with Crippen LogP contribution in [0.25, 0.3) is 11.1 Å². The Labute approximate surface area is 106 Å². The molecule has 1 aromatic heterocycles. The summed E-state index contributed by atoms with van der Waals surface area (Å²) in [6, 6.07) is 13.4. The highest BCUT2D eigenvalue weighted by Crippen LogP contribution is 2.19. The average Bonchev–Trinajstić information content (AvgIpc) is 2.41. The molecule has 0 saturated heterocycles. The van der Waals surface area contributed by atoms with Crippen LogP contribution in [0.5, 0.6) is 5.88 Å². The van der Waals surface area contributed by atoms with Crippen molar-refractivity contribution in [2.45, 2.75) is 6.92 Å². The Kier molecular flexibility index (Phi) is 3.91. The number of hydrogen-bond acceptors (Lipinski definition) is 3. The van der Waals surface area contributed by atoms with Crippen molar-refractivity contribution < 1.29 is 9.53 Å². The first-order valence-corrected chi connectivity index (χ1v) is 5.76. The monoisotopic (exact) mass is 242 g/mol. The van der Waals surface area contributed by atoms with Gasteiger partial charge in [0.15, 0.2) is 0 Å². The fourth-order valence-corrected chi connectivity index (χ4v) is 1.52. The molecule has 0 unspecified atom stereocenters. The summed E-state index contributed by atoms with van der Waals surface area (Å²) in [5, 5.41) is 2.54. The molecule has 0 fully saturated rings. The fraction of sp³-hybridized carbons (Fsp3) is 0.143. The normalized spacial score (nSPS) is 9.83.